The van der Waals surface area contributed by atoms with Crippen molar-refractivity contribution in [3.63, 3.8) is 0 Å². The van der Waals surface area contributed by atoms with E-state index in [-0.39, 0.29) is 51.7 Å². The van der Waals surface area contributed by atoms with Gasteiger partial charge in [-0.3, -0.25) is 0 Å². The third-order valence-electron chi connectivity index (χ3n) is 0.211. The molecule has 5 heteroatoms. The molecular weight excluding hydrogens is 208 g/mol. The van der Waals surface area contributed by atoms with Crippen LogP contribution in [0.1, 0.15) is 2.85 Å². The molecule has 0 aliphatic carbocycles. The average molecular weight is 215 g/mol. The van der Waals surface area contributed by atoms with Crippen LogP contribution in [0.3, 0.4) is 0 Å². The van der Waals surface area contributed by atoms with Crippen molar-refractivity contribution in [2.45, 2.75) is 0 Å². The number of hydrogen-bond acceptors (Lipinski definition) is 3. The van der Waals surface area contributed by atoms with Crippen molar-refractivity contribution in [3.8, 4) is 0 Å². The molecule has 6 heavy (non-hydrogen) atoms. The second-order valence-electron chi connectivity index (χ2n) is 0.562. The molecular formula is CH7BBaO3. The first kappa shape index (κ1) is 10.5. The van der Waals surface area contributed by atoms with E-state index in [1.54, 1.807) is 0 Å². The fraction of sp³-hybridized carbons (Fsp3) is 1.00. The van der Waals surface area contributed by atoms with Crippen LogP contribution in [0.5, 0.6) is 0 Å². The molecule has 0 heterocycles. The Labute approximate surface area is 79.9 Å². The van der Waals surface area contributed by atoms with Crippen molar-refractivity contribution in [1.29, 1.82) is 0 Å². The van der Waals surface area contributed by atoms with Crippen molar-refractivity contribution in [1.82, 2.24) is 0 Å². The van der Waals surface area contributed by atoms with Gasteiger partial charge in [0.25, 0.3) is 0 Å². The SMILES string of the molecule is COB(O)O.[Ba+2].[H-].[H-]. The first-order chi connectivity index (χ1) is 2.27. The van der Waals surface area contributed by atoms with Crippen LogP contribution >= 0.6 is 0 Å². The molecule has 0 saturated heterocycles. The third-order valence-corrected chi connectivity index (χ3v) is 0.211. The van der Waals surface area contributed by atoms with Crippen LogP contribution in [0.15, 0.2) is 0 Å². The predicted octanol–water partition coefficient (Wildman–Crippen LogP) is -1.55. The second kappa shape index (κ2) is 6.52. The van der Waals surface area contributed by atoms with E-state index in [4.69, 9.17) is 10.0 Å². The molecule has 0 spiro atoms. The number of hydrogen-bond donors (Lipinski definition) is 2. The van der Waals surface area contributed by atoms with Gasteiger partial charge in [0.05, 0.1) is 0 Å². The van der Waals surface area contributed by atoms with Gasteiger partial charge in [0.1, 0.15) is 0 Å². The van der Waals surface area contributed by atoms with E-state index in [0.29, 0.717) is 0 Å². The fourth-order valence-electron chi connectivity index (χ4n) is 0. The molecule has 0 saturated carbocycles. The maximum Gasteiger partial charge on any atom is 2.00 e. The molecule has 0 aromatic rings. The molecule has 0 aromatic carbocycles. The zero-order valence-electron chi connectivity index (χ0n) is 5.59. The molecule has 2 N–H and O–H groups in total. The van der Waals surface area contributed by atoms with Gasteiger partial charge in [0, 0.05) is 7.11 Å². The summed E-state index contributed by atoms with van der Waals surface area (Å²) >= 11 is 0. The van der Waals surface area contributed by atoms with E-state index in [9.17, 15) is 0 Å². The summed E-state index contributed by atoms with van der Waals surface area (Å²) in [7, 11) is -0.417. The van der Waals surface area contributed by atoms with Gasteiger partial charge in [-0.15, -0.1) is 0 Å². The largest absolute Gasteiger partial charge is 2.00 e. The van der Waals surface area contributed by atoms with Gasteiger partial charge in [-0.2, -0.15) is 0 Å². The topological polar surface area (TPSA) is 49.7 Å². The van der Waals surface area contributed by atoms with E-state index < -0.39 is 7.32 Å². The Balaban J connectivity index is -0.0000000267. The van der Waals surface area contributed by atoms with Crippen LogP contribution in [0.4, 0.5) is 0 Å². The normalized spacial score (nSPS) is 6.50. The Hall–Kier alpha value is 1.52. The maximum absolute atomic E-state index is 7.69. The summed E-state index contributed by atoms with van der Waals surface area (Å²) in [5.74, 6) is 0. The minimum atomic E-state index is -1.62. The van der Waals surface area contributed by atoms with Crippen LogP contribution in [-0.4, -0.2) is 73.4 Å². The molecule has 0 rings (SSSR count). The summed E-state index contributed by atoms with van der Waals surface area (Å²) in [5, 5.41) is 15.4. The summed E-state index contributed by atoms with van der Waals surface area (Å²) in [6, 6.07) is 0. The predicted molar refractivity (Wildman–Crippen MR) is 25.2 cm³/mol. The summed E-state index contributed by atoms with van der Waals surface area (Å²) in [6.07, 6.45) is 0. The van der Waals surface area contributed by atoms with Crippen molar-refractivity contribution in [2.24, 2.45) is 0 Å². The van der Waals surface area contributed by atoms with Gasteiger partial charge in [0.2, 0.25) is 0 Å². The van der Waals surface area contributed by atoms with Crippen molar-refractivity contribution >= 4 is 56.2 Å². The average Bonchev–Trinajstić information content (AvgIpc) is 1.38. The molecule has 0 aliphatic rings. The van der Waals surface area contributed by atoms with E-state index in [0.717, 1.165) is 0 Å². The summed E-state index contributed by atoms with van der Waals surface area (Å²) in [5.41, 5.74) is 0. The molecule has 34 valence electrons. The Bertz CT molecular complexity index is 31.2. The van der Waals surface area contributed by atoms with E-state index in [1.165, 1.54) is 7.11 Å². The van der Waals surface area contributed by atoms with E-state index >= 15 is 0 Å². The third kappa shape index (κ3) is 9.10. The Morgan fingerprint density at radius 3 is 1.83 bits per heavy atom. The van der Waals surface area contributed by atoms with Gasteiger partial charge in [-0.1, -0.05) is 0 Å². The van der Waals surface area contributed by atoms with Crippen LogP contribution in [0.2, 0.25) is 0 Å². The van der Waals surface area contributed by atoms with Gasteiger partial charge >= 0.3 is 56.2 Å². The first-order valence-corrected chi connectivity index (χ1v) is 1.16. The van der Waals surface area contributed by atoms with Crippen molar-refractivity contribution in [2.75, 3.05) is 7.11 Å². The number of rotatable bonds is 1. The Morgan fingerprint density at radius 1 is 1.67 bits per heavy atom. The smallest absolute Gasteiger partial charge is 1.00 e. The molecule has 0 radical (unpaired) electrons. The van der Waals surface area contributed by atoms with E-state index in [1.807, 2.05) is 0 Å². The first-order valence-electron chi connectivity index (χ1n) is 1.16. The van der Waals surface area contributed by atoms with Crippen molar-refractivity contribution < 1.29 is 17.6 Å². The molecule has 0 bridgehead atoms. The standard InChI is InChI=1S/CH5BO3.Ba.2H/c1-5-2(3)4;;;/h3-4H,1H3;;;/q;+2;2*-1. The molecule has 3 nitrogen and oxygen atoms in total. The van der Waals surface area contributed by atoms with Crippen LogP contribution in [0, 0.1) is 0 Å². The van der Waals surface area contributed by atoms with Crippen LogP contribution in [-0.2, 0) is 4.65 Å². The summed E-state index contributed by atoms with van der Waals surface area (Å²) in [6.45, 7) is 0. The fourth-order valence-corrected chi connectivity index (χ4v) is 0. The Morgan fingerprint density at radius 2 is 1.83 bits per heavy atom. The van der Waals surface area contributed by atoms with Gasteiger partial charge in [-0.25, -0.2) is 0 Å². The quantitative estimate of drug-likeness (QED) is 0.520. The Kier molecular flexibility index (Phi) is 11.4. The molecule has 0 aromatic heterocycles. The second-order valence-corrected chi connectivity index (χ2v) is 0.562. The molecule has 0 atom stereocenters. The molecule has 0 aliphatic heterocycles. The monoisotopic (exact) mass is 216 g/mol. The van der Waals surface area contributed by atoms with Crippen molar-refractivity contribution in [3.05, 3.63) is 0 Å². The zero-order valence-corrected chi connectivity index (χ0v) is 8.03. The summed E-state index contributed by atoms with van der Waals surface area (Å²) in [4.78, 5) is 0. The maximum atomic E-state index is 7.69. The molecule has 0 amide bonds. The molecule has 0 fully saturated rings. The minimum absolute atomic E-state index is 0. The van der Waals surface area contributed by atoms with Gasteiger partial charge < -0.3 is 17.6 Å². The van der Waals surface area contributed by atoms with Gasteiger partial charge in [-0.05, 0) is 0 Å². The summed E-state index contributed by atoms with van der Waals surface area (Å²) < 4.78 is 3.86. The van der Waals surface area contributed by atoms with Gasteiger partial charge in [0.15, 0.2) is 0 Å². The van der Waals surface area contributed by atoms with Crippen LogP contribution in [0.25, 0.3) is 0 Å². The zero-order chi connectivity index (χ0) is 4.28. The molecule has 0 unspecified atom stereocenters. The van der Waals surface area contributed by atoms with Crippen LogP contribution < -0.4 is 0 Å². The van der Waals surface area contributed by atoms with E-state index in [2.05, 4.69) is 4.65 Å². The minimum Gasteiger partial charge on any atom is -1.00 e.